The van der Waals surface area contributed by atoms with Crippen molar-refractivity contribution >= 4 is 0 Å². The first-order valence-corrected chi connectivity index (χ1v) is 6.80. The van der Waals surface area contributed by atoms with E-state index in [0.29, 0.717) is 0 Å². The summed E-state index contributed by atoms with van der Waals surface area (Å²) in [5.74, 6) is 0. The van der Waals surface area contributed by atoms with Crippen LogP contribution < -0.4 is 0 Å². The van der Waals surface area contributed by atoms with E-state index in [-0.39, 0.29) is 0 Å². The summed E-state index contributed by atoms with van der Waals surface area (Å²) in [6, 6.07) is 0. The Hall–Kier alpha value is -0.780. The van der Waals surface area contributed by atoms with Gasteiger partial charge in [-0.3, -0.25) is 0 Å². The van der Waals surface area contributed by atoms with Crippen LogP contribution in [0.1, 0.15) is 66.2 Å². The summed E-state index contributed by atoms with van der Waals surface area (Å²) in [5.41, 5.74) is 4.44. The van der Waals surface area contributed by atoms with Crippen LogP contribution in [0.3, 0.4) is 0 Å². The van der Waals surface area contributed by atoms with Crippen molar-refractivity contribution in [2.45, 2.75) is 66.2 Å². The molecule has 0 saturated heterocycles. The number of unbranched alkanes of at least 4 members (excludes halogenated alkanes) is 1. The van der Waals surface area contributed by atoms with E-state index in [0.717, 1.165) is 12.8 Å². The molecule has 0 nitrogen and oxygen atoms in total. The van der Waals surface area contributed by atoms with Crippen LogP contribution in [0.25, 0.3) is 0 Å². The Labute approximate surface area is 109 Å². The minimum atomic E-state index is 1.01. The first-order chi connectivity index (χ1) is 8.06. The largest absolute Gasteiger partial charge is 0.0856 e. The Bertz CT molecular complexity index is 272. The van der Waals surface area contributed by atoms with Crippen molar-refractivity contribution in [3.05, 3.63) is 41.9 Å². The lowest BCUT2D eigenvalue weighted by Crippen LogP contribution is -1.80. The van der Waals surface area contributed by atoms with Gasteiger partial charge in [0.1, 0.15) is 0 Å². The normalized spacial score (nSPS) is 12.8. The molecule has 0 N–H and O–H groups in total. The molecular weight excluding hydrogens is 204 g/mol. The summed E-state index contributed by atoms with van der Waals surface area (Å²) in [5, 5.41) is 0. The molecule has 0 heteroatoms. The number of hydrogen-bond donors (Lipinski definition) is 0. The number of rotatable bonds is 8. The van der Waals surface area contributed by atoms with Crippen molar-refractivity contribution in [3.63, 3.8) is 0 Å². The zero-order valence-corrected chi connectivity index (χ0v) is 12.2. The minimum absolute atomic E-state index is 1.01. The van der Waals surface area contributed by atoms with E-state index in [1.54, 1.807) is 0 Å². The van der Waals surface area contributed by atoms with Crippen LogP contribution >= 0.6 is 0 Å². The molecule has 0 heterocycles. The Morgan fingerprint density at radius 3 is 1.71 bits per heavy atom. The molecule has 17 heavy (non-hydrogen) atoms. The van der Waals surface area contributed by atoms with Gasteiger partial charge in [0.05, 0.1) is 0 Å². The van der Waals surface area contributed by atoms with Gasteiger partial charge >= 0.3 is 0 Å². The second-order valence-corrected chi connectivity index (χ2v) is 5.10. The molecule has 0 unspecified atom stereocenters. The zero-order valence-electron chi connectivity index (χ0n) is 12.2. The van der Waals surface area contributed by atoms with Crippen LogP contribution in [0, 0.1) is 6.92 Å². The minimum Gasteiger partial charge on any atom is -0.0856 e. The molecule has 97 valence electrons. The Morgan fingerprint density at radius 1 is 0.765 bits per heavy atom. The fourth-order valence-electron chi connectivity index (χ4n) is 1.69. The molecule has 0 bridgehead atoms. The second-order valence-electron chi connectivity index (χ2n) is 5.10. The van der Waals surface area contributed by atoms with E-state index in [1.165, 1.54) is 42.4 Å². The average Bonchev–Trinajstić information content (AvgIpc) is 2.25. The molecule has 0 aromatic carbocycles. The van der Waals surface area contributed by atoms with E-state index in [1.807, 2.05) is 0 Å². The van der Waals surface area contributed by atoms with Crippen LogP contribution in [0.15, 0.2) is 34.9 Å². The van der Waals surface area contributed by atoms with Crippen molar-refractivity contribution in [1.82, 2.24) is 0 Å². The third kappa shape index (κ3) is 11.5. The monoisotopic (exact) mass is 233 g/mol. The van der Waals surface area contributed by atoms with Gasteiger partial charge in [-0.25, -0.2) is 0 Å². The average molecular weight is 233 g/mol. The smallest absolute Gasteiger partial charge is 0.0288 e. The van der Waals surface area contributed by atoms with E-state index in [4.69, 9.17) is 0 Å². The van der Waals surface area contributed by atoms with Gasteiger partial charge in [0, 0.05) is 0 Å². The fraction of sp³-hybridized carbons (Fsp3) is 0.588. The van der Waals surface area contributed by atoms with Gasteiger partial charge < -0.3 is 0 Å². The third-order valence-corrected chi connectivity index (χ3v) is 2.82. The molecule has 0 aromatic rings. The van der Waals surface area contributed by atoms with Crippen molar-refractivity contribution in [1.29, 1.82) is 0 Å². The maximum absolute atomic E-state index is 3.85. The van der Waals surface area contributed by atoms with E-state index in [2.05, 4.69) is 52.8 Å². The molecule has 0 aliphatic heterocycles. The summed E-state index contributed by atoms with van der Waals surface area (Å²) in [7, 11) is 0. The lowest BCUT2D eigenvalue weighted by molar-refractivity contribution is 0.907. The van der Waals surface area contributed by atoms with Gasteiger partial charge in [-0.05, 0) is 66.2 Å². The molecule has 0 amide bonds. The molecule has 0 saturated carbocycles. The van der Waals surface area contributed by atoms with Gasteiger partial charge in [0.2, 0.25) is 0 Å². The predicted molar refractivity (Wildman–Crippen MR) is 80.0 cm³/mol. The summed E-state index contributed by atoms with van der Waals surface area (Å²) >= 11 is 0. The third-order valence-electron chi connectivity index (χ3n) is 2.82. The molecule has 1 radical (unpaired) electrons. The molecule has 0 rings (SSSR count). The van der Waals surface area contributed by atoms with Crippen molar-refractivity contribution in [2.75, 3.05) is 0 Å². The quantitative estimate of drug-likeness (QED) is 0.450. The number of hydrogen-bond acceptors (Lipinski definition) is 0. The zero-order chi connectivity index (χ0) is 13.1. The summed E-state index contributed by atoms with van der Waals surface area (Å²) < 4.78 is 0. The second kappa shape index (κ2) is 10.4. The first kappa shape index (κ1) is 16.2. The molecule has 0 aliphatic carbocycles. The molecule has 0 fully saturated rings. The summed E-state index contributed by atoms with van der Waals surface area (Å²) in [6.45, 7) is 12.6. The lowest BCUT2D eigenvalue weighted by atomic mass is 10.1. The van der Waals surface area contributed by atoms with Crippen molar-refractivity contribution < 1.29 is 0 Å². The molecule has 0 spiro atoms. The molecule has 0 aromatic heterocycles. The Balaban J connectivity index is 3.80. The van der Waals surface area contributed by atoms with E-state index in [9.17, 15) is 0 Å². The van der Waals surface area contributed by atoms with Crippen LogP contribution in [0.4, 0.5) is 0 Å². The maximum Gasteiger partial charge on any atom is -0.0288 e. The highest BCUT2D eigenvalue weighted by atomic mass is 14.0. The van der Waals surface area contributed by atoms with Gasteiger partial charge in [0.25, 0.3) is 0 Å². The topological polar surface area (TPSA) is 0 Å². The first-order valence-electron chi connectivity index (χ1n) is 6.80. The van der Waals surface area contributed by atoms with E-state index >= 15 is 0 Å². The van der Waals surface area contributed by atoms with Crippen LogP contribution in [-0.4, -0.2) is 0 Å². The SMILES string of the molecule is [CH2]CCC=C(C)CCC=C(C)CCC=C(C)C. The highest BCUT2D eigenvalue weighted by Crippen LogP contribution is 2.11. The van der Waals surface area contributed by atoms with Gasteiger partial charge in [-0.15, -0.1) is 0 Å². The Morgan fingerprint density at radius 2 is 1.24 bits per heavy atom. The lowest BCUT2D eigenvalue weighted by Gasteiger charge is -2.01. The van der Waals surface area contributed by atoms with Gasteiger partial charge in [-0.1, -0.05) is 41.9 Å². The highest BCUT2D eigenvalue weighted by Gasteiger charge is 1.91. The fourth-order valence-corrected chi connectivity index (χ4v) is 1.69. The Kier molecular flexibility index (Phi) is 9.90. The van der Waals surface area contributed by atoms with Gasteiger partial charge in [0.15, 0.2) is 0 Å². The van der Waals surface area contributed by atoms with Crippen LogP contribution in [0.2, 0.25) is 0 Å². The summed E-state index contributed by atoms with van der Waals surface area (Å²) in [4.78, 5) is 0. The maximum atomic E-state index is 3.85. The molecule has 0 aliphatic rings. The van der Waals surface area contributed by atoms with E-state index < -0.39 is 0 Å². The van der Waals surface area contributed by atoms with Crippen LogP contribution in [-0.2, 0) is 0 Å². The summed E-state index contributed by atoms with van der Waals surface area (Å²) in [6.07, 6.45) is 13.9. The molecular formula is C17H29. The highest BCUT2D eigenvalue weighted by molar-refractivity contribution is 5.05. The molecule has 0 atom stereocenters. The van der Waals surface area contributed by atoms with Crippen molar-refractivity contribution in [2.24, 2.45) is 0 Å². The number of allylic oxidation sites excluding steroid dienone is 6. The van der Waals surface area contributed by atoms with Gasteiger partial charge in [-0.2, -0.15) is 0 Å². The standard InChI is InChI=1S/C17H29/c1-6-7-11-16(4)13-9-14-17(5)12-8-10-15(2)3/h10-11,14H,1,6-9,12-13H2,2-5H3. The van der Waals surface area contributed by atoms with Crippen LogP contribution in [0.5, 0.6) is 0 Å². The predicted octanol–water partition coefficient (Wildman–Crippen LogP) is 6.02. The van der Waals surface area contributed by atoms with Crippen molar-refractivity contribution in [3.8, 4) is 0 Å².